The van der Waals surface area contributed by atoms with Gasteiger partial charge in [0.2, 0.25) is 17.8 Å². The number of amides is 3. The molecule has 6 heterocycles. The number of anilines is 4. The molecule has 16 nitrogen and oxygen atoms in total. The number of pyridine rings is 2. The molecule has 3 fully saturated rings. The van der Waals surface area contributed by atoms with E-state index in [1.807, 2.05) is 37.7 Å². The zero-order valence-electron chi connectivity index (χ0n) is 32.6. The van der Waals surface area contributed by atoms with Crippen molar-refractivity contribution < 1.29 is 19.1 Å². The molecule has 298 valence electrons. The highest BCUT2D eigenvalue weighted by atomic mass is 35.5. The number of hydrogen-bond donors (Lipinski definition) is 4. The fourth-order valence-corrected chi connectivity index (χ4v) is 8.82. The van der Waals surface area contributed by atoms with E-state index in [1.54, 1.807) is 23.0 Å². The minimum absolute atomic E-state index is 0.0558. The summed E-state index contributed by atoms with van der Waals surface area (Å²) in [4.78, 5) is 65.5. The van der Waals surface area contributed by atoms with Gasteiger partial charge in [-0.05, 0) is 75.8 Å². The number of aromatic nitrogens is 6. The molecule has 8 rings (SSSR count). The van der Waals surface area contributed by atoms with Crippen LogP contribution < -0.4 is 36.5 Å². The molecule has 4 N–H and O–H groups in total. The van der Waals surface area contributed by atoms with Crippen LogP contribution in [-0.2, 0) is 21.4 Å². The highest BCUT2D eigenvalue weighted by Gasteiger charge is 2.48. The molecule has 5 aromatic rings. The molecule has 0 radical (unpaired) electrons. The van der Waals surface area contributed by atoms with E-state index in [9.17, 15) is 19.2 Å². The second-order valence-electron chi connectivity index (χ2n) is 15.9. The first kappa shape index (κ1) is 38.1. The highest BCUT2D eigenvalue weighted by Crippen LogP contribution is 2.48. The van der Waals surface area contributed by atoms with Crippen LogP contribution in [0.15, 0.2) is 47.5 Å². The van der Waals surface area contributed by atoms with E-state index in [2.05, 4.69) is 55.2 Å². The van der Waals surface area contributed by atoms with Crippen molar-refractivity contribution in [3.05, 3.63) is 63.8 Å². The Morgan fingerprint density at radius 3 is 2.63 bits per heavy atom. The summed E-state index contributed by atoms with van der Waals surface area (Å²) in [5.74, 6) is 0.213. The second-order valence-corrected chi connectivity index (χ2v) is 16.3. The maximum Gasteiger partial charge on any atom is 0.294 e. The zero-order valence-corrected chi connectivity index (χ0v) is 33.3. The van der Waals surface area contributed by atoms with Crippen molar-refractivity contribution in [1.82, 2.24) is 39.9 Å². The number of hydrogen-bond acceptors (Lipinski definition) is 12. The summed E-state index contributed by atoms with van der Waals surface area (Å²) in [5, 5.41) is 18.6. The molecule has 17 heteroatoms. The van der Waals surface area contributed by atoms with Gasteiger partial charge >= 0.3 is 0 Å². The lowest BCUT2D eigenvalue weighted by molar-refractivity contribution is -0.134. The Bertz CT molecular complexity index is 2480. The number of nitrogens with one attached hydrogen (secondary N) is 4. The third-order valence-corrected chi connectivity index (χ3v) is 11.8. The highest BCUT2D eigenvalue weighted by molar-refractivity contribution is 6.33. The van der Waals surface area contributed by atoms with E-state index in [1.165, 1.54) is 7.05 Å². The van der Waals surface area contributed by atoms with Gasteiger partial charge in [-0.3, -0.25) is 33.7 Å². The fourth-order valence-electron chi connectivity index (χ4n) is 8.68. The van der Waals surface area contributed by atoms with Crippen molar-refractivity contribution in [3.63, 3.8) is 0 Å². The van der Waals surface area contributed by atoms with Gasteiger partial charge in [-0.15, -0.1) is 0 Å². The first-order valence-electron chi connectivity index (χ1n) is 19.3. The van der Waals surface area contributed by atoms with Crippen LogP contribution in [0.3, 0.4) is 0 Å². The molecule has 1 spiro atoms. The number of ether oxygens (including phenoxy) is 1. The predicted molar refractivity (Wildman–Crippen MR) is 217 cm³/mol. The first-order chi connectivity index (χ1) is 27.3. The molecule has 1 saturated carbocycles. The lowest BCUT2D eigenvalue weighted by Crippen LogP contribution is -2.60. The van der Waals surface area contributed by atoms with Crippen LogP contribution in [0.25, 0.3) is 21.9 Å². The van der Waals surface area contributed by atoms with Gasteiger partial charge in [-0.1, -0.05) is 18.5 Å². The molecule has 0 bridgehead atoms. The topological polar surface area (TPSA) is 190 Å². The number of aryl methyl sites for hydroxylation is 1. The fraction of sp³-hybridized carbons (Fsp3) is 0.450. The van der Waals surface area contributed by atoms with Crippen LogP contribution in [0.5, 0.6) is 5.75 Å². The molecule has 1 unspecified atom stereocenters. The molecule has 3 aliphatic rings. The van der Waals surface area contributed by atoms with Crippen LogP contribution in [0.4, 0.5) is 23.1 Å². The van der Waals surface area contributed by atoms with E-state index in [0.717, 1.165) is 48.9 Å². The number of benzene rings is 1. The van der Waals surface area contributed by atoms with Gasteiger partial charge in [0.15, 0.2) is 18.2 Å². The number of piperidine rings is 1. The Hall–Kier alpha value is -5.77. The van der Waals surface area contributed by atoms with Crippen LogP contribution in [0.1, 0.15) is 70.5 Å². The molecule has 3 atom stereocenters. The van der Waals surface area contributed by atoms with Gasteiger partial charge in [0.1, 0.15) is 10.7 Å². The lowest BCUT2D eigenvalue weighted by Gasteiger charge is -2.55. The summed E-state index contributed by atoms with van der Waals surface area (Å²) in [6.45, 7) is 7.49. The Morgan fingerprint density at radius 1 is 1.09 bits per heavy atom. The van der Waals surface area contributed by atoms with Crippen LogP contribution in [0.2, 0.25) is 5.02 Å². The zero-order chi connectivity index (χ0) is 40.2. The van der Waals surface area contributed by atoms with Crippen molar-refractivity contribution in [1.29, 1.82) is 0 Å². The summed E-state index contributed by atoms with van der Waals surface area (Å²) >= 11 is 6.59. The van der Waals surface area contributed by atoms with Gasteiger partial charge in [-0.25, -0.2) is 9.97 Å². The average molecular weight is 796 g/mol. The number of carbonyl (C=O) groups excluding carboxylic acids is 3. The molecular formula is C40H46ClN11O5. The van der Waals surface area contributed by atoms with Crippen LogP contribution in [0, 0.1) is 11.3 Å². The van der Waals surface area contributed by atoms with Gasteiger partial charge in [0.25, 0.3) is 11.5 Å². The van der Waals surface area contributed by atoms with Gasteiger partial charge in [0.05, 0.1) is 35.2 Å². The number of carbonyl (C=O) groups is 3. The molecule has 3 amide bonds. The minimum atomic E-state index is -0.434. The van der Waals surface area contributed by atoms with E-state index < -0.39 is 5.92 Å². The minimum Gasteiger partial charge on any atom is -0.478 e. The summed E-state index contributed by atoms with van der Waals surface area (Å²) in [6.07, 6.45) is 7.16. The summed E-state index contributed by atoms with van der Waals surface area (Å²) in [6, 6.07) is 9.72. The summed E-state index contributed by atoms with van der Waals surface area (Å²) in [5.41, 5.74) is 3.57. The van der Waals surface area contributed by atoms with E-state index in [-0.39, 0.29) is 47.1 Å². The molecule has 1 aromatic carbocycles. The maximum absolute atomic E-state index is 13.2. The Labute approximate surface area is 333 Å². The standard InChI is InChI=1S/C40H46ClN11O5/c1-21(2)52-36-23(13-31(38(52)56)57-18-33(54)42-4)12-25(16-43-36)46-35-28(41)17-44-39(48-35)51-19-40(20-51)11-10-29(22(3)15-40)45-24-6-7-26-30(14-24)50(5)49-34(26)27-8-9-32(53)47-37(27)55/h6-7,12-14,16-17,21-22,27,29,45H,8-11,15,18-20H2,1-5H3,(H,42,54)(H,44,46,48)(H,47,53,55)/t22-,27?,29-/m0/s1. The van der Waals surface area contributed by atoms with Crippen molar-refractivity contribution >= 4 is 74.4 Å². The van der Waals surface area contributed by atoms with Gasteiger partial charge < -0.3 is 25.6 Å². The van der Waals surface area contributed by atoms with Crippen molar-refractivity contribution in [2.75, 3.05) is 42.3 Å². The number of halogens is 1. The normalized spacial score (nSPS) is 20.5. The Kier molecular flexibility index (Phi) is 10.0. The Morgan fingerprint density at radius 2 is 1.89 bits per heavy atom. The third kappa shape index (κ3) is 7.33. The van der Waals surface area contributed by atoms with Crippen LogP contribution >= 0.6 is 11.6 Å². The average Bonchev–Trinajstić information content (AvgIpc) is 3.49. The van der Waals surface area contributed by atoms with Crippen molar-refractivity contribution in [2.24, 2.45) is 18.4 Å². The number of rotatable bonds is 10. The third-order valence-electron chi connectivity index (χ3n) is 11.6. The molecular weight excluding hydrogens is 750 g/mol. The molecule has 2 saturated heterocycles. The molecule has 1 aliphatic carbocycles. The largest absolute Gasteiger partial charge is 0.478 e. The van der Waals surface area contributed by atoms with Crippen molar-refractivity contribution in [2.45, 2.75) is 70.9 Å². The lowest BCUT2D eigenvalue weighted by atomic mass is 9.64. The van der Waals surface area contributed by atoms with Gasteiger partial charge in [-0.2, -0.15) is 10.1 Å². The SMILES string of the molecule is CNC(=O)COc1cc2cc(Nc3nc(N4CC5(CC[C@H](Nc6ccc7c(C8CCC(=O)NC8=O)nn(C)c7c6)[C@@H](C)C5)C4)ncc3Cl)cnc2n(C(C)C)c1=O. The quantitative estimate of drug-likeness (QED) is 0.142. The number of imide groups is 1. The van der Waals surface area contributed by atoms with Crippen LogP contribution in [-0.4, -0.2) is 79.8 Å². The van der Waals surface area contributed by atoms with Crippen molar-refractivity contribution in [3.8, 4) is 5.75 Å². The number of fused-ring (bicyclic) bond motifs is 2. The number of likely N-dealkylation sites (N-methyl/N-ethyl adjacent to an activating group) is 1. The predicted octanol–water partition coefficient (Wildman–Crippen LogP) is 4.80. The molecule has 2 aliphatic heterocycles. The monoisotopic (exact) mass is 795 g/mol. The van der Waals surface area contributed by atoms with E-state index >= 15 is 0 Å². The second kappa shape index (κ2) is 15.0. The number of nitrogens with zero attached hydrogens (tertiary/aromatic N) is 7. The summed E-state index contributed by atoms with van der Waals surface area (Å²) < 4.78 is 8.95. The molecule has 4 aromatic heterocycles. The van der Waals surface area contributed by atoms with E-state index in [0.29, 0.717) is 64.0 Å². The summed E-state index contributed by atoms with van der Waals surface area (Å²) in [7, 11) is 3.39. The van der Waals surface area contributed by atoms with Gasteiger partial charge in [0, 0.05) is 67.6 Å². The maximum atomic E-state index is 13.2. The van der Waals surface area contributed by atoms with E-state index in [4.69, 9.17) is 26.4 Å². The first-order valence-corrected chi connectivity index (χ1v) is 19.7. The Balaban J connectivity index is 0.918. The molecule has 57 heavy (non-hydrogen) atoms. The smallest absolute Gasteiger partial charge is 0.294 e.